The van der Waals surface area contributed by atoms with Crippen molar-refractivity contribution in [3.8, 4) is 0 Å². The van der Waals surface area contributed by atoms with Crippen LogP contribution in [0.5, 0.6) is 0 Å². The highest BCUT2D eigenvalue weighted by molar-refractivity contribution is 7.99. The fourth-order valence-corrected chi connectivity index (χ4v) is 6.97. The molecule has 4 aromatic rings. The molecular weight excluding hydrogens is 871 g/mol. The van der Waals surface area contributed by atoms with Gasteiger partial charge in [-0.25, -0.2) is 19.2 Å². The molecule has 0 heterocycles. The van der Waals surface area contributed by atoms with Crippen molar-refractivity contribution in [3.05, 3.63) is 144 Å². The Balaban J connectivity index is 1.47. The standard InChI is InChI=1S/C48H55N5O12S/c1-32(49-34(3)54)43(56)52-39(46(59)63-27-36-18-10-5-11-19-36)24-25-42(55)51-40(44(57)50-33(2)45(58)62-26-35-16-8-4-9-17-35)30-66-31-41(47(60)64-28-37-20-12-6-13-21-37)53-48(61)65-29-38-22-14-7-15-23-38/h4-23,32-33,39-41H,24-31H2,1-3H3,(H,49,54)(H,50,57)(H,51,55)(H,52,56)(H,53,61)/t32-,33+,39+,40+,41-/m0/s1. The maximum Gasteiger partial charge on any atom is 0.408 e. The molecule has 5 atom stereocenters. The number of thioether (sulfide) groups is 1. The van der Waals surface area contributed by atoms with Gasteiger partial charge in [0.2, 0.25) is 23.6 Å². The molecule has 5 amide bonds. The molecule has 4 aromatic carbocycles. The zero-order valence-electron chi connectivity index (χ0n) is 36.9. The van der Waals surface area contributed by atoms with Crippen molar-refractivity contribution in [3.63, 3.8) is 0 Å². The van der Waals surface area contributed by atoms with Crippen LogP contribution in [0.15, 0.2) is 121 Å². The number of carbonyl (C=O) groups excluding carboxylic acids is 8. The Labute approximate surface area is 387 Å². The van der Waals surface area contributed by atoms with Crippen LogP contribution in [-0.4, -0.2) is 89.3 Å². The van der Waals surface area contributed by atoms with E-state index >= 15 is 0 Å². The molecule has 0 bridgehead atoms. The fraction of sp³-hybridized carbons (Fsp3) is 0.333. The van der Waals surface area contributed by atoms with Crippen LogP contribution in [-0.2, 0) is 78.9 Å². The van der Waals surface area contributed by atoms with E-state index in [1.807, 2.05) is 18.2 Å². The first kappa shape index (κ1) is 51.4. The van der Waals surface area contributed by atoms with E-state index in [2.05, 4.69) is 26.6 Å². The highest BCUT2D eigenvalue weighted by atomic mass is 32.2. The van der Waals surface area contributed by atoms with E-state index in [9.17, 15) is 38.4 Å². The van der Waals surface area contributed by atoms with E-state index in [1.165, 1.54) is 20.8 Å². The second kappa shape index (κ2) is 27.9. The minimum absolute atomic E-state index is 0.0481. The van der Waals surface area contributed by atoms with Crippen molar-refractivity contribution < 1.29 is 57.3 Å². The summed E-state index contributed by atoms with van der Waals surface area (Å²) in [7, 11) is 0. The molecule has 0 aliphatic heterocycles. The maximum absolute atomic E-state index is 13.8. The number of hydrogen-bond donors (Lipinski definition) is 5. The SMILES string of the molecule is CC(=O)N[C@@H](C)C(=O)N[C@H](CCC(=O)N[C@H](CSC[C@H](NC(=O)OCc1ccccc1)C(=O)OCc1ccccc1)C(=O)N[C@H](C)C(=O)OCc1ccccc1)C(=O)OCc1ccccc1. The van der Waals surface area contributed by atoms with Crippen molar-refractivity contribution in [2.75, 3.05) is 11.5 Å². The number of ether oxygens (including phenoxy) is 4. The molecular formula is C48H55N5O12S. The van der Waals surface area contributed by atoms with Crippen LogP contribution in [0.2, 0.25) is 0 Å². The number of nitrogens with one attached hydrogen (secondary N) is 5. The molecule has 350 valence electrons. The second-order valence-electron chi connectivity index (χ2n) is 14.9. The molecule has 0 saturated heterocycles. The number of carbonyl (C=O) groups is 8. The molecule has 0 saturated carbocycles. The zero-order valence-corrected chi connectivity index (χ0v) is 37.7. The lowest BCUT2D eigenvalue weighted by Gasteiger charge is -2.23. The minimum atomic E-state index is -1.34. The predicted octanol–water partition coefficient (Wildman–Crippen LogP) is 4.02. The van der Waals surface area contributed by atoms with Gasteiger partial charge in [-0.1, -0.05) is 121 Å². The molecule has 0 unspecified atom stereocenters. The number of amides is 5. The van der Waals surface area contributed by atoms with Crippen molar-refractivity contribution in [2.24, 2.45) is 0 Å². The van der Waals surface area contributed by atoms with Gasteiger partial charge in [0.15, 0.2) is 0 Å². The van der Waals surface area contributed by atoms with E-state index in [1.54, 1.807) is 103 Å². The van der Waals surface area contributed by atoms with E-state index in [0.29, 0.717) is 16.7 Å². The normalized spacial score (nSPS) is 12.9. The first-order valence-corrected chi connectivity index (χ1v) is 22.3. The Morgan fingerprint density at radius 1 is 0.455 bits per heavy atom. The summed E-state index contributed by atoms with van der Waals surface area (Å²) in [5.41, 5.74) is 2.82. The van der Waals surface area contributed by atoms with Gasteiger partial charge < -0.3 is 45.5 Å². The van der Waals surface area contributed by atoms with Gasteiger partial charge in [0.25, 0.3) is 0 Å². The summed E-state index contributed by atoms with van der Waals surface area (Å²) in [4.78, 5) is 105. The Morgan fingerprint density at radius 3 is 1.35 bits per heavy atom. The quantitative estimate of drug-likeness (QED) is 0.0468. The summed E-state index contributed by atoms with van der Waals surface area (Å²) >= 11 is 1.01. The molecule has 17 nitrogen and oxygen atoms in total. The maximum atomic E-state index is 13.8. The van der Waals surface area contributed by atoms with Crippen molar-refractivity contribution in [1.82, 2.24) is 26.6 Å². The second-order valence-corrected chi connectivity index (χ2v) is 16.0. The Hall–Kier alpha value is -7.21. The van der Waals surface area contributed by atoms with Gasteiger partial charge in [-0.3, -0.25) is 19.2 Å². The number of rotatable bonds is 25. The van der Waals surface area contributed by atoms with Gasteiger partial charge in [-0.15, -0.1) is 0 Å². The predicted molar refractivity (Wildman–Crippen MR) is 244 cm³/mol. The molecule has 4 rings (SSSR count). The Bertz CT molecular complexity index is 2200. The summed E-state index contributed by atoms with van der Waals surface area (Å²) in [6.45, 7) is 3.74. The average Bonchev–Trinajstić information content (AvgIpc) is 3.32. The summed E-state index contributed by atoms with van der Waals surface area (Å²) in [6.07, 6.45) is -1.57. The molecule has 0 aromatic heterocycles. The molecule has 0 aliphatic carbocycles. The first-order valence-electron chi connectivity index (χ1n) is 21.1. The Morgan fingerprint density at radius 2 is 0.879 bits per heavy atom. The molecule has 0 radical (unpaired) electrons. The lowest BCUT2D eigenvalue weighted by Crippen LogP contribution is -2.53. The topological polar surface area (TPSA) is 234 Å². The van der Waals surface area contributed by atoms with E-state index in [-0.39, 0.29) is 44.4 Å². The fourth-order valence-electron chi connectivity index (χ4n) is 5.91. The first-order chi connectivity index (χ1) is 31.8. The van der Waals surface area contributed by atoms with Crippen LogP contribution >= 0.6 is 11.8 Å². The van der Waals surface area contributed by atoms with E-state index in [4.69, 9.17) is 18.9 Å². The van der Waals surface area contributed by atoms with Crippen LogP contribution in [0.25, 0.3) is 0 Å². The highest BCUT2D eigenvalue weighted by Crippen LogP contribution is 2.13. The van der Waals surface area contributed by atoms with Crippen LogP contribution in [0.3, 0.4) is 0 Å². The van der Waals surface area contributed by atoms with Crippen molar-refractivity contribution in [1.29, 1.82) is 0 Å². The number of benzene rings is 4. The summed E-state index contributed by atoms with van der Waals surface area (Å²) in [6, 6.07) is 29.4. The van der Waals surface area contributed by atoms with Crippen LogP contribution in [0.1, 0.15) is 55.9 Å². The largest absolute Gasteiger partial charge is 0.459 e. The summed E-state index contributed by atoms with van der Waals surface area (Å²) in [5.74, 6) is -5.39. The third-order valence-electron chi connectivity index (χ3n) is 9.47. The monoisotopic (exact) mass is 925 g/mol. The minimum Gasteiger partial charge on any atom is -0.459 e. The van der Waals surface area contributed by atoms with E-state index < -0.39 is 84.3 Å². The van der Waals surface area contributed by atoms with Crippen LogP contribution in [0.4, 0.5) is 4.79 Å². The average molecular weight is 926 g/mol. The molecule has 66 heavy (non-hydrogen) atoms. The molecule has 5 N–H and O–H groups in total. The van der Waals surface area contributed by atoms with Gasteiger partial charge >= 0.3 is 24.0 Å². The number of hydrogen-bond acceptors (Lipinski definition) is 13. The smallest absolute Gasteiger partial charge is 0.408 e. The van der Waals surface area contributed by atoms with Crippen molar-refractivity contribution >= 4 is 59.4 Å². The number of alkyl carbamates (subject to hydrolysis) is 1. The van der Waals surface area contributed by atoms with Crippen LogP contribution in [0, 0.1) is 0 Å². The van der Waals surface area contributed by atoms with Gasteiger partial charge in [0.05, 0.1) is 0 Å². The van der Waals surface area contributed by atoms with Gasteiger partial charge in [-0.05, 0) is 42.5 Å². The summed E-state index contributed by atoms with van der Waals surface area (Å²) in [5, 5.41) is 12.7. The highest BCUT2D eigenvalue weighted by Gasteiger charge is 2.30. The van der Waals surface area contributed by atoms with Crippen molar-refractivity contribution in [2.45, 2.75) is 90.2 Å². The lowest BCUT2D eigenvalue weighted by atomic mass is 10.1. The van der Waals surface area contributed by atoms with Gasteiger partial charge in [0, 0.05) is 24.9 Å². The number of esters is 3. The van der Waals surface area contributed by atoms with E-state index in [0.717, 1.165) is 17.3 Å². The Kier molecular flexibility index (Phi) is 21.7. The van der Waals surface area contributed by atoms with Crippen LogP contribution < -0.4 is 26.6 Å². The molecule has 0 spiro atoms. The molecule has 18 heteroatoms. The molecule has 0 fully saturated rings. The lowest BCUT2D eigenvalue weighted by molar-refractivity contribution is -0.149. The third kappa shape index (κ3) is 19.3. The van der Waals surface area contributed by atoms with Gasteiger partial charge in [-0.2, -0.15) is 11.8 Å². The summed E-state index contributed by atoms with van der Waals surface area (Å²) < 4.78 is 21.7. The zero-order chi connectivity index (χ0) is 47.7. The van der Waals surface area contributed by atoms with Gasteiger partial charge in [0.1, 0.15) is 56.6 Å². The molecule has 0 aliphatic rings. The third-order valence-corrected chi connectivity index (χ3v) is 10.6.